The van der Waals surface area contributed by atoms with Crippen molar-refractivity contribution in [3.8, 4) is 11.3 Å². The Bertz CT molecular complexity index is 1410. The van der Waals surface area contributed by atoms with Crippen molar-refractivity contribution in [1.82, 2.24) is 10.1 Å². The number of urea groups is 1. The summed E-state index contributed by atoms with van der Waals surface area (Å²) in [7, 11) is 0. The number of aromatic nitrogens is 1. The number of nitrogens with one attached hydrogen (secondary N) is 1. The number of carbonyl (C=O) groups is 1. The van der Waals surface area contributed by atoms with Crippen molar-refractivity contribution in [2.45, 2.75) is 75.4 Å². The molecule has 0 radical (unpaired) electrons. The average Bonchev–Trinajstić information content (AvgIpc) is 3.58. The zero-order chi connectivity index (χ0) is 28.2. The van der Waals surface area contributed by atoms with Crippen LogP contribution in [0.5, 0.6) is 0 Å². The molecule has 1 aromatic heterocycles. The van der Waals surface area contributed by atoms with Crippen LogP contribution in [0.15, 0.2) is 40.9 Å². The van der Waals surface area contributed by atoms with Gasteiger partial charge in [-0.2, -0.15) is 13.2 Å². The summed E-state index contributed by atoms with van der Waals surface area (Å²) in [4.78, 5) is 14.7. The number of hydrogen-bond acceptors (Lipinski definition) is 4. The lowest BCUT2D eigenvalue weighted by Gasteiger charge is -2.38. The van der Waals surface area contributed by atoms with Gasteiger partial charge in [0.15, 0.2) is 0 Å². The zero-order valence-electron chi connectivity index (χ0n) is 21.1. The predicted octanol–water partition coefficient (Wildman–Crippen LogP) is 8.43. The third-order valence-corrected chi connectivity index (χ3v) is 8.46. The summed E-state index contributed by atoms with van der Waals surface area (Å²) >= 11 is 12.9. The van der Waals surface area contributed by atoms with E-state index in [1.807, 2.05) is 0 Å². The van der Waals surface area contributed by atoms with E-state index >= 15 is 0 Å². The van der Waals surface area contributed by atoms with E-state index in [0.717, 1.165) is 49.1 Å². The molecule has 3 atom stereocenters. The van der Waals surface area contributed by atoms with Gasteiger partial charge in [-0.25, -0.2) is 9.18 Å². The maximum Gasteiger partial charge on any atom is 0.416 e. The fourth-order valence-corrected chi connectivity index (χ4v) is 6.43. The summed E-state index contributed by atoms with van der Waals surface area (Å²) in [5.74, 6) is -0.0143. The van der Waals surface area contributed by atoms with Gasteiger partial charge in [0, 0.05) is 34.8 Å². The molecule has 6 rings (SSSR count). The number of rotatable bonds is 6. The molecule has 12 heteroatoms. The summed E-state index contributed by atoms with van der Waals surface area (Å²) < 4.78 is 65.2. The Kier molecular flexibility index (Phi) is 7.21. The van der Waals surface area contributed by atoms with Crippen molar-refractivity contribution in [3.05, 3.63) is 69.1 Å². The highest BCUT2D eigenvalue weighted by atomic mass is 35.5. The highest BCUT2D eigenvalue weighted by Gasteiger charge is 2.44. The van der Waals surface area contributed by atoms with Crippen LogP contribution in [-0.2, 0) is 17.5 Å². The summed E-state index contributed by atoms with van der Waals surface area (Å²) in [5, 5.41) is 7.68. The molecule has 2 aromatic carbocycles. The van der Waals surface area contributed by atoms with E-state index in [-0.39, 0.29) is 36.4 Å². The molecule has 3 aliphatic rings. The number of amides is 2. The Morgan fingerprint density at radius 1 is 1.07 bits per heavy atom. The van der Waals surface area contributed by atoms with Gasteiger partial charge in [0.05, 0.1) is 28.3 Å². The number of anilines is 1. The van der Waals surface area contributed by atoms with Gasteiger partial charge >= 0.3 is 12.2 Å². The number of halogens is 6. The third kappa shape index (κ3) is 5.41. The number of benzene rings is 2. The van der Waals surface area contributed by atoms with Crippen LogP contribution in [0, 0.1) is 5.82 Å². The standard InChI is InChI=1S/C28H25Cl2F4N3O3/c29-22-2-1-3-23(30)24(22)25-21(26(40-36-25)14-4-5-14)13-39-20-11-18-6-7-19(12-20)37(18)27(38)35-17-9-15(28(32,33)34)8-16(31)10-17/h1-3,8-10,14,18-20H,4-7,11-13H2,(H,35,38)/t18-,19?,20?/m0/s1. The van der Waals surface area contributed by atoms with Gasteiger partial charge in [-0.3, -0.25) is 0 Å². The first-order valence-corrected chi connectivity index (χ1v) is 13.9. The van der Waals surface area contributed by atoms with Crippen LogP contribution in [0.4, 0.5) is 28.0 Å². The molecular weight excluding hydrogens is 573 g/mol. The molecule has 2 aliphatic heterocycles. The molecule has 1 N–H and O–H groups in total. The van der Waals surface area contributed by atoms with E-state index in [9.17, 15) is 22.4 Å². The minimum absolute atomic E-state index is 0.149. The first-order valence-electron chi connectivity index (χ1n) is 13.1. The van der Waals surface area contributed by atoms with Crippen LogP contribution in [0.1, 0.15) is 61.3 Å². The molecule has 6 nitrogen and oxygen atoms in total. The molecule has 1 aliphatic carbocycles. The van der Waals surface area contributed by atoms with Gasteiger partial charge in [-0.05, 0) is 68.9 Å². The van der Waals surface area contributed by atoms with E-state index in [4.69, 9.17) is 32.5 Å². The number of fused-ring (bicyclic) bond motifs is 2. The molecule has 40 heavy (non-hydrogen) atoms. The number of ether oxygens (including phenoxy) is 1. The van der Waals surface area contributed by atoms with Crippen LogP contribution < -0.4 is 5.32 Å². The van der Waals surface area contributed by atoms with E-state index in [1.54, 1.807) is 23.1 Å². The fraction of sp³-hybridized carbons (Fsp3) is 0.429. The lowest BCUT2D eigenvalue weighted by molar-refractivity contribution is -0.137. The first-order chi connectivity index (χ1) is 19.1. The average molecular weight is 598 g/mol. The Balaban J connectivity index is 1.14. The van der Waals surface area contributed by atoms with Gasteiger partial charge in [-0.15, -0.1) is 0 Å². The molecule has 212 valence electrons. The minimum Gasteiger partial charge on any atom is -0.373 e. The van der Waals surface area contributed by atoms with E-state index in [1.165, 1.54) is 0 Å². The number of piperidine rings is 1. The molecular formula is C28H25Cl2F4N3O3. The van der Waals surface area contributed by atoms with Crippen LogP contribution >= 0.6 is 23.2 Å². The Labute approximate surface area is 237 Å². The highest BCUT2D eigenvalue weighted by molar-refractivity contribution is 6.39. The topological polar surface area (TPSA) is 67.6 Å². The molecule has 3 heterocycles. The molecule has 3 fully saturated rings. The molecule has 2 amide bonds. The third-order valence-electron chi connectivity index (χ3n) is 7.83. The second-order valence-electron chi connectivity index (χ2n) is 10.6. The van der Waals surface area contributed by atoms with Gasteiger partial charge < -0.3 is 19.5 Å². The van der Waals surface area contributed by atoms with Crippen molar-refractivity contribution in [2.75, 3.05) is 5.32 Å². The molecule has 3 aromatic rings. The van der Waals surface area contributed by atoms with Crippen molar-refractivity contribution < 1.29 is 31.6 Å². The quantitative estimate of drug-likeness (QED) is 0.289. The Hall–Kier alpha value is -2.82. The Morgan fingerprint density at radius 2 is 1.75 bits per heavy atom. The number of hydrogen-bond donors (Lipinski definition) is 1. The maximum atomic E-state index is 13.8. The minimum atomic E-state index is -4.72. The van der Waals surface area contributed by atoms with E-state index in [0.29, 0.717) is 40.2 Å². The first kappa shape index (κ1) is 27.4. The maximum absolute atomic E-state index is 13.8. The van der Waals surface area contributed by atoms with E-state index < -0.39 is 23.6 Å². The van der Waals surface area contributed by atoms with Gasteiger partial charge in [0.1, 0.15) is 17.3 Å². The van der Waals surface area contributed by atoms with Crippen LogP contribution in [-0.4, -0.2) is 34.3 Å². The number of nitrogens with zero attached hydrogens (tertiary/aromatic N) is 2. The molecule has 1 saturated carbocycles. The van der Waals surface area contributed by atoms with Gasteiger partial charge in [0.25, 0.3) is 0 Å². The largest absolute Gasteiger partial charge is 0.416 e. The smallest absolute Gasteiger partial charge is 0.373 e. The van der Waals surface area contributed by atoms with E-state index in [2.05, 4.69) is 10.5 Å². The lowest BCUT2D eigenvalue weighted by atomic mass is 9.99. The van der Waals surface area contributed by atoms with Crippen molar-refractivity contribution in [3.63, 3.8) is 0 Å². The zero-order valence-corrected chi connectivity index (χ0v) is 22.6. The fourth-order valence-electron chi connectivity index (χ4n) is 5.86. The lowest BCUT2D eigenvalue weighted by Crippen LogP contribution is -2.50. The Morgan fingerprint density at radius 3 is 2.38 bits per heavy atom. The number of alkyl halides is 3. The predicted molar refractivity (Wildman–Crippen MR) is 141 cm³/mol. The molecule has 2 bridgehead atoms. The number of carbonyl (C=O) groups excluding carboxylic acids is 1. The summed E-state index contributed by atoms with van der Waals surface area (Å²) in [6.45, 7) is 0.242. The normalized spacial score (nSPS) is 22.6. The summed E-state index contributed by atoms with van der Waals surface area (Å²) in [6.07, 6.45) is -0.246. The summed E-state index contributed by atoms with van der Waals surface area (Å²) in [6, 6.07) is 6.41. The monoisotopic (exact) mass is 597 g/mol. The van der Waals surface area contributed by atoms with Crippen LogP contribution in [0.25, 0.3) is 11.3 Å². The SMILES string of the molecule is O=C(Nc1cc(F)cc(C(F)(F)F)c1)N1C2CC[C@H]1CC(OCc1c(-c3c(Cl)cccc3Cl)noc1C1CC1)C2. The van der Waals surface area contributed by atoms with Crippen molar-refractivity contribution >= 4 is 34.9 Å². The second-order valence-corrected chi connectivity index (χ2v) is 11.4. The highest BCUT2D eigenvalue weighted by Crippen LogP contribution is 2.46. The van der Waals surface area contributed by atoms with Gasteiger partial charge in [0.2, 0.25) is 0 Å². The molecule has 0 spiro atoms. The van der Waals surface area contributed by atoms with Crippen molar-refractivity contribution in [2.24, 2.45) is 0 Å². The molecule has 2 saturated heterocycles. The van der Waals surface area contributed by atoms with Crippen LogP contribution in [0.3, 0.4) is 0 Å². The van der Waals surface area contributed by atoms with Crippen LogP contribution in [0.2, 0.25) is 10.0 Å². The molecule has 2 unspecified atom stereocenters. The second kappa shape index (κ2) is 10.5. The summed E-state index contributed by atoms with van der Waals surface area (Å²) in [5.41, 5.74) is 0.579. The van der Waals surface area contributed by atoms with Gasteiger partial charge in [-0.1, -0.05) is 34.4 Å². The van der Waals surface area contributed by atoms with Crippen molar-refractivity contribution in [1.29, 1.82) is 0 Å².